The zero-order chi connectivity index (χ0) is 21.5. The predicted octanol–water partition coefficient (Wildman–Crippen LogP) is 2.15. The number of nitrogens with zero attached hydrogens (tertiary/aromatic N) is 1. The number of rotatable bonds is 5. The summed E-state index contributed by atoms with van der Waals surface area (Å²) < 4.78 is 63.9. The Hall–Kier alpha value is -2.57. The summed E-state index contributed by atoms with van der Waals surface area (Å²) in [5.41, 5.74) is 0.820. The fraction of sp³-hybridized carbons (Fsp3) is 0.222. The molecule has 4 rings (SSSR count). The number of anilines is 1. The molecular formula is C18H16FN3O5S3. The van der Waals surface area contributed by atoms with Gasteiger partial charge in [0, 0.05) is 11.6 Å². The maximum absolute atomic E-state index is 13.0. The smallest absolute Gasteiger partial charge is 0.263 e. The van der Waals surface area contributed by atoms with Crippen molar-refractivity contribution in [3.05, 3.63) is 53.8 Å². The average Bonchev–Trinajstić information content (AvgIpc) is 3.22. The van der Waals surface area contributed by atoms with Crippen LogP contribution in [0.1, 0.15) is 16.8 Å². The number of nitrogens with one attached hydrogen (secondary N) is 2. The Morgan fingerprint density at radius 3 is 2.57 bits per heavy atom. The monoisotopic (exact) mass is 469 g/mol. The number of amides is 1. The van der Waals surface area contributed by atoms with Gasteiger partial charge in [0.1, 0.15) is 5.82 Å². The van der Waals surface area contributed by atoms with Crippen LogP contribution in [0.5, 0.6) is 0 Å². The Labute approximate surface area is 176 Å². The molecule has 30 heavy (non-hydrogen) atoms. The average molecular weight is 470 g/mol. The van der Waals surface area contributed by atoms with Crippen molar-refractivity contribution in [1.82, 2.24) is 10.3 Å². The normalized spacial score (nSPS) is 18.4. The molecule has 1 atom stereocenters. The van der Waals surface area contributed by atoms with Crippen molar-refractivity contribution in [3.8, 4) is 0 Å². The van der Waals surface area contributed by atoms with Gasteiger partial charge in [-0.2, -0.15) is 0 Å². The van der Waals surface area contributed by atoms with Crippen LogP contribution in [0.25, 0.3) is 10.2 Å². The van der Waals surface area contributed by atoms with Gasteiger partial charge < -0.3 is 5.32 Å². The number of carbonyl (C=O) groups excluding carboxylic acids is 1. The Balaban J connectivity index is 1.52. The van der Waals surface area contributed by atoms with Crippen molar-refractivity contribution in [2.75, 3.05) is 16.2 Å². The molecule has 1 saturated heterocycles. The van der Waals surface area contributed by atoms with E-state index in [-0.39, 0.29) is 21.5 Å². The van der Waals surface area contributed by atoms with E-state index < -0.39 is 37.6 Å². The molecule has 2 aromatic carbocycles. The van der Waals surface area contributed by atoms with Gasteiger partial charge in [-0.05, 0) is 48.9 Å². The number of fused-ring (bicyclic) bond motifs is 1. The lowest BCUT2D eigenvalue weighted by molar-refractivity contribution is 0.0941. The predicted molar refractivity (Wildman–Crippen MR) is 111 cm³/mol. The zero-order valence-electron chi connectivity index (χ0n) is 15.3. The van der Waals surface area contributed by atoms with Crippen LogP contribution in [-0.2, 0) is 19.9 Å². The van der Waals surface area contributed by atoms with E-state index in [1.807, 2.05) is 0 Å². The molecule has 12 heteroatoms. The molecule has 1 aliphatic heterocycles. The molecule has 0 aliphatic carbocycles. The first-order valence-corrected chi connectivity index (χ1v) is 12.9. The Bertz CT molecular complexity index is 1340. The number of sulfonamides is 1. The van der Waals surface area contributed by atoms with E-state index in [0.717, 1.165) is 35.6 Å². The Kier molecular flexibility index (Phi) is 5.24. The largest absolute Gasteiger partial charge is 0.348 e. The van der Waals surface area contributed by atoms with Gasteiger partial charge in [-0.25, -0.2) is 26.2 Å². The van der Waals surface area contributed by atoms with Gasteiger partial charge in [0.15, 0.2) is 15.0 Å². The van der Waals surface area contributed by atoms with Crippen molar-refractivity contribution in [2.24, 2.45) is 0 Å². The number of hydrogen-bond acceptors (Lipinski definition) is 7. The van der Waals surface area contributed by atoms with Crippen LogP contribution in [-0.4, -0.2) is 45.3 Å². The van der Waals surface area contributed by atoms with E-state index >= 15 is 0 Å². The summed E-state index contributed by atoms with van der Waals surface area (Å²) in [5.74, 6) is -0.962. The van der Waals surface area contributed by atoms with Crippen LogP contribution < -0.4 is 10.0 Å². The van der Waals surface area contributed by atoms with E-state index in [9.17, 15) is 26.0 Å². The SMILES string of the molecule is O=C(N[C@@H]1CCS(=O)(=O)C1)c1ccc2nc(NS(=O)(=O)c3ccc(F)cc3)sc2c1. The lowest BCUT2D eigenvalue weighted by atomic mass is 10.2. The highest BCUT2D eigenvalue weighted by Crippen LogP contribution is 2.28. The summed E-state index contributed by atoms with van der Waals surface area (Å²) in [6, 6.07) is 8.67. The molecular weight excluding hydrogens is 453 g/mol. The fourth-order valence-corrected chi connectivity index (χ4v) is 6.89. The fourth-order valence-electron chi connectivity index (χ4n) is 3.07. The van der Waals surface area contributed by atoms with Gasteiger partial charge in [-0.3, -0.25) is 9.52 Å². The molecule has 2 N–H and O–H groups in total. The lowest BCUT2D eigenvalue weighted by Gasteiger charge is -2.10. The van der Waals surface area contributed by atoms with Crippen molar-refractivity contribution in [3.63, 3.8) is 0 Å². The Morgan fingerprint density at radius 1 is 1.17 bits per heavy atom. The molecule has 1 aromatic heterocycles. The van der Waals surface area contributed by atoms with E-state index in [0.29, 0.717) is 22.2 Å². The van der Waals surface area contributed by atoms with Crippen molar-refractivity contribution >= 4 is 52.5 Å². The van der Waals surface area contributed by atoms with Gasteiger partial charge in [0.05, 0.1) is 26.6 Å². The van der Waals surface area contributed by atoms with E-state index in [1.165, 1.54) is 0 Å². The number of halogens is 1. The molecule has 158 valence electrons. The van der Waals surface area contributed by atoms with E-state index in [2.05, 4.69) is 15.0 Å². The van der Waals surface area contributed by atoms with Gasteiger partial charge in [-0.1, -0.05) is 11.3 Å². The molecule has 2 heterocycles. The number of thiazole rings is 1. The summed E-state index contributed by atoms with van der Waals surface area (Å²) in [7, 11) is -7.04. The van der Waals surface area contributed by atoms with Crippen LogP contribution >= 0.6 is 11.3 Å². The van der Waals surface area contributed by atoms with Gasteiger partial charge in [0.2, 0.25) is 0 Å². The minimum absolute atomic E-state index is 0.0589. The summed E-state index contributed by atoms with van der Waals surface area (Å²) >= 11 is 1.04. The zero-order valence-corrected chi connectivity index (χ0v) is 17.8. The summed E-state index contributed by atoms with van der Waals surface area (Å²) in [6.45, 7) is 0. The summed E-state index contributed by atoms with van der Waals surface area (Å²) in [6.07, 6.45) is 0.381. The Morgan fingerprint density at radius 2 is 1.90 bits per heavy atom. The summed E-state index contributed by atoms with van der Waals surface area (Å²) in [5, 5.41) is 2.82. The minimum atomic E-state index is -3.94. The van der Waals surface area contributed by atoms with Crippen molar-refractivity contribution in [2.45, 2.75) is 17.4 Å². The molecule has 0 unspecified atom stereocenters. The maximum Gasteiger partial charge on any atom is 0.263 e. The topological polar surface area (TPSA) is 122 Å². The number of carbonyl (C=O) groups is 1. The van der Waals surface area contributed by atoms with Crippen LogP contribution in [0.4, 0.5) is 9.52 Å². The first-order chi connectivity index (χ1) is 14.1. The highest BCUT2D eigenvalue weighted by molar-refractivity contribution is 7.93. The lowest BCUT2D eigenvalue weighted by Crippen LogP contribution is -2.35. The molecule has 0 spiro atoms. The highest BCUT2D eigenvalue weighted by Gasteiger charge is 2.29. The maximum atomic E-state index is 13.0. The first kappa shape index (κ1) is 20.7. The molecule has 1 amide bonds. The quantitative estimate of drug-likeness (QED) is 0.590. The van der Waals surface area contributed by atoms with E-state index in [4.69, 9.17) is 0 Å². The van der Waals surface area contributed by atoms with Gasteiger partial charge in [-0.15, -0.1) is 0 Å². The third-order valence-electron chi connectivity index (χ3n) is 4.56. The third-order valence-corrected chi connectivity index (χ3v) is 8.75. The standard InChI is InChI=1S/C18H16FN3O5S3/c19-12-2-4-14(5-3-12)30(26,27)22-18-21-15-6-1-11(9-16(15)28-18)17(23)20-13-7-8-29(24,25)10-13/h1-6,9,13H,7-8,10H2,(H,20,23)(H,21,22)/t13-/m1/s1. The van der Waals surface area contributed by atoms with Gasteiger partial charge in [0.25, 0.3) is 15.9 Å². The second kappa shape index (κ2) is 7.60. The first-order valence-electron chi connectivity index (χ1n) is 8.82. The summed E-state index contributed by atoms with van der Waals surface area (Å²) in [4.78, 5) is 16.5. The number of aromatic nitrogens is 1. The molecule has 0 radical (unpaired) electrons. The van der Waals surface area contributed by atoms with E-state index in [1.54, 1.807) is 18.2 Å². The minimum Gasteiger partial charge on any atom is -0.348 e. The molecule has 1 fully saturated rings. The number of sulfone groups is 1. The number of benzene rings is 2. The van der Waals surface area contributed by atoms with Crippen LogP contribution in [0, 0.1) is 5.82 Å². The van der Waals surface area contributed by atoms with Crippen molar-refractivity contribution in [1.29, 1.82) is 0 Å². The van der Waals surface area contributed by atoms with Crippen molar-refractivity contribution < 1.29 is 26.0 Å². The van der Waals surface area contributed by atoms with Crippen LogP contribution in [0.15, 0.2) is 47.4 Å². The molecule has 3 aromatic rings. The van der Waals surface area contributed by atoms with Crippen LogP contribution in [0.3, 0.4) is 0 Å². The number of hydrogen-bond donors (Lipinski definition) is 2. The molecule has 0 bridgehead atoms. The molecule has 1 aliphatic rings. The van der Waals surface area contributed by atoms with Crippen LogP contribution in [0.2, 0.25) is 0 Å². The second-order valence-electron chi connectivity index (χ2n) is 6.83. The third kappa shape index (κ3) is 4.45. The van der Waals surface area contributed by atoms with Gasteiger partial charge >= 0.3 is 0 Å². The molecule has 0 saturated carbocycles. The molecule has 8 nitrogen and oxygen atoms in total. The highest BCUT2D eigenvalue weighted by atomic mass is 32.2. The second-order valence-corrected chi connectivity index (χ2v) is 11.8.